The molecule has 0 heterocycles. The second kappa shape index (κ2) is 3.77. The quantitative estimate of drug-likeness (QED) is 0.582. The molecule has 1 rings (SSSR count). The molecular formula is C9H16O. The Labute approximate surface area is 62.8 Å². The van der Waals surface area contributed by atoms with Crippen molar-refractivity contribution in [3.8, 4) is 0 Å². The van der Waals surface area contributed by atoms with Crippen molar-refractivity contribution in [2.45, 2.75) is 32.6 Å². The molecule has 0 spiro atoms. The van der Waals surface area contributed by atoms with Gasteiger partial charge in [0.05, 0.1) is 0 Å². The van der Waals surface area contributed by atoms with E-state index in [0.717, 1.165) is 12.3 Å². The van der Waals surface area contributed by atoms with E-state index in [0.29, 0.717) is 6.61 Å². The molecule has 58 valence electrons. The summed E-state index contributed by atoms with van der Waals surface area (Å²) in [4.78, 5) is 0. The van der Waals surface area contributed by atoms with Crippen LogP contribution in [0.2, 0.25) is 0 Å². The summed E-state index contributed by atoms with van der Waals surface area (Å²) in [5.41, 5.74) is 1.52. The Bertz CT molecular complexity index is 127. The van der Waals surface area contributed by atoms with Crippen molar-refractivity contribution < 1.29 is 5.11 Å². The van der Waals surface area contributed by atoms with Crippen molar-refractivity contribution >= 4 is 0 Å². The predicted molar refractivity (Wildman–Crippen MR) is 42.8 cm³/mol. The van der Waals surface area contributed by atoms with Gasteiger partial charge in [-0.2, -0.15) is 0 Å². The summed E-state index contributed by atoms with van der Waals surface area (Å²) in [7, 11) is 0. The van der Waals surface area contributed by atoms with Gasteiger partial charge < -0.3 is 5.11 Å². The second-order valence-electron chi connectivity index (χ2n) is 3.20. The molecule has 0 amide bonds. The van der Waals surface area contributed by atoms with Crippen molar-refractivity contribution in [3.05, 3.63) is 11.6 Å². The van der Waals surface area contributed by atoms with Crippen LogP contribution in [0.25, 0.3) is 0 Å². The molecule has 0 fully saturated rings. The van der Waals surface area contributed by atoms with E-state index in [2.05, 4.69) is 13.0 Å². The van der Waals surface area contributed by atoms with Gasteiger partial charge in [-0.05, 0) is 38.5 Å². The highest BCUT2D eigenvalue weighted by Gasteiger charge is 2.10. The van der Waals surface area contributed by atoms with Gasteiger partial charge in [0.25, 0.3) is 0 Å². The van der Waals surface area contributed by atoms with Crippen LogP contribution in [-0.2, 0) is 0 Å². The number of hydrogen-bond acceptors (Lipinski definition) is 1. The van der Waals surface area contributed by atoms with Crippen molar-refractivity contribution in [1.29, 1.82) is 0 Å². The highest BCUT2D eigenvalue weighted by Crippen LogP contribution is 2.24. The van der Waals surface area contributed by atoms with Gasteiger partial charge >= 0.3 is 0 Å². The molecule has 0 aromatic heterocycles. The summed E-state index contributed by atoms with van der Waals surface area (Å²) in [6, 6.07) is 0. The minimum atomic E-state index is 0.359. The Morgan fingerprint density at radius 2 is 2.50 bits per heavy atom. The topological polar surface area (TPSA) is 20.2 Å². The third kappa shape index (κ3) is 2.14. The number of aliphatic hydroxyl groups is 1. The van der Waals surface area contributed by atoms with Crippen LogP contribution in [0, 0.1) is 5.92 Å². The second-order valence-corrected chi connectivity index (χ2v) is 3.20. The molecule has 0 bridgehead atoms. The average Bonchev–Trinajstić information content (AvgIpc) is 1.95. The first kappa shape index (κ1) is 7.80. The summed E-state index contributed by atoms with van der Waals surface area (Å²) in [6.45, 7) is 2.55. The van der Waals surface area contributed by atoms with Crippen LogP contribution in [0.15, 0.2) is 11.6 Å². The van der Waals surface area contributed by atoms with Crippen LogP contribution in [-0.4, -0.2) is 11.7 Å². The lowest BCUT2D eigenvalue weighted by atomic mass is 9.88. The summed E-state index contributed by atoms with van der Waals surface area (Å²) >= 11 is 0. The van der Waals surface area contributed by atoms with Gasteiger partial charge in [-0.3, -0.25) is 0 Å². The Morgan fingerprint density at radius 1 is 1.70 bits per heavy atom. The van der Waals surface area contributed by atoms with Gasteiger partial charge in [-0.25, -0.2) is 0 Å². The summed E-state index contributed by atoms with van der Waals surface area (Å²) in [6.07, 6.45) is 7.01. The number of hydrogen-bond donors (Lipinski definition) is 1. The van der Waals surface area contributed by atoms with E-state index in [4.69, 9.17) is 5.11 Å². The molecule has 0 saturated carbocycles. The first-order valence-corrected chi connectivity index (χ1v) is 4.09. The lowest BCUT2D eigenvalue weighted by molar-refractivity contribution is 0.250. The van der Waals surface area contributed by atoms with Gasteiger partial charge in [0.1, 0.15) is 0 Å². The zero-order valence-corrected chi connectivity index (χ0v) is 6.64. The third-order valence-electron chi connectivity index (χ3n) is 2.28. The van der Waals surface area contributed by atoms with E-state index in [1.807, 2.05) is 0 Å². The number of aliphatic hydroxyl groups excluding tert-OH is 1. The lowest BCUT2D eigenvalue weighted by Crippen LogP contribution is -2.06. The van der Waals surface area contributed by atoms with Crippen molar-refractivity contribution in [1.82, 2.24) is 0 Å². The highest BCUT2D eigenvalue weighted by molar-refractivity contribution is 5.02. The molecule has 1 atom stereocenters. The van der Waals surface area contributed by atoms with Gasteiger partial charge in [-0.1, -0.05) is 11.6 Å². The fourth-order valence-corrected chi connectivity index (χ4v) is 1.46. The largest absolute Gasteiger partial charge is 0.396 e. The van der Waals surface area contributed by atoms with E-state index in [-0.39, 0.29) is 0 Å². The first-order chi connectivity index (χ1) is 4.83. The van der Waals surface area contributed by atoms with E-state index in [9.17, 15) is 0 Å². The smallest absolute Gasteiger partial charge is 0.0433 e. The SMILES string of the molecule is CC1=CCC(CCO)CC1. The maximum absolute atomic E-state index is 8.66. The molecule has 1 nitrogen and oxygen atoms in total. The van der Waals surface area contributed by atoms with Gasteiger partial charge in [0.15, 0.2) is 0 Å². The van der Waals surface area contributed by atoms with Gasteiger partial charge in [-0.15, -0.1) is 0 Å². The minimum Gasteiger partial charge on any atom is -0.396 e. The Hall–Kier alpha value is -0.300. The predicted octanol–water partition coefficient (Wildman–Crippen LogP) is 2.12. The standard InChI is InChI=1S/C9H16O/c1-8-2-4-9(5-3-8)6-7-10/h2,9-10H,3-7H2,1H3. The van der Waals surface area contributed by atoms with Crippen LogP contribution in [0.3, 0.4) is 0 Å². The monoisotopic (exact) mass is 140 g/mol. The molecule has 1 aliphatic rings. The van der Waals surface area contributed by atoms with Crippen molar-refractivity contribution in [2.24, 2.45) is 5.92 Å². The zero-order valence-electron chi connectivity index (χ0n) is 6.64. The average molecular weight is 140 g/mol. The lowest BCUT2D eigenvalue weighted by Gasteiger charge is -2.18. The summed E-state index contributed by atoms with van der Waals surface area (Å²) < 4.78 is 0. The fourth-order valence-electron chi connectivity index (χ4n) is 1.46. The molecule has 0 aromatic rings. The molecule has 1 N–H and O–H groups in total. The third-order valence-corrected chi connectivity index (χ3v) is 2.28. The molecule has 0 aliphatic heterocycles. The highest BCUT2D eigenvalue weighted by atomic mass is 16.3. The fraction of sp³-hybridized carbons (Fsp3) is 0.778. The molecule has 0 saturated heterocycles. The normalized spacial score (nSPS) is 26.2. The number of rotatable bonds is 2. The molecule has 0 radical (unpaired) electrons. The van der Waals surface area contributed by atoms with E-state index in [1.165, 1.54) is 24.8 Å². The molecule has 1 aliphatic carbocycles. The molecule has 0 aromatic carbocycles. The zero-order chi connectivity index (χ0) is 7.40. The van der Waals surface area contributed by atoms with Crippen LogP contribution in [0.1, 0.15) is 32.6 Å². The molecule has 10 heavy (non-hydrogen) atoms. The number of allylic oxidation sites excluding steroid dienone is 2. The van der Waals surface area contributed by atoms with Crippen LogP contribution < -0.4 is 0 Å². The minimum absolute atomic E-state index is 0.359. The maximum atomic E-state index is 8.66. The van der Waals surface area contributed by atoms with E-state index < -0.39 is 0 Å². The molecule has 1 unspecified atom stereocenters. The van der Waals surface area contributed by atoms with Crippen LogP contribution >= 0.6 is 0 Å². The Morgan fingerprint density at radius 3 is 3.00 bits per heavy atom. The van der Waals surface area contributed by atoms with Gasteiger partial charge in [0, 0.05) is 6.61 Å². The first-order valence-electron chi connectivity index (χ1n) is 4.09. The van der Waals surface area contributed by atoms with Crippen LogP contribution in [0.5, 0.6) is 0 Å². The Balaban J connectivity index is 2.27. The summed E-state index contributed by atoms with van der Waals surface area (Å²) in [5.74, 6) is 0.758. The van der Waals surface area contributed by atoms with Crippen molar-refractivity contribution in [3.63, 3.8) is 0 Å². The van der Waals surface area contributed by atoms with Crippen LogP contribution in [0.4, 0.5) is 0 Å². The van der Waals surface area contributed by atoms with Gasteiger partial charge in [0.2, 0.25) is 0 Å². The van der Waals surface area contributed by atoms with E-state index >= 15 is 0 Å². The molecule has 1 heteroatoms. The molecular weight excluding hydrogens is 124 g/mol. The van der Waals surface area contributed by atoms with E-state index in [1.54, 1.807) is 0 Å². The Kier molecular flexibility index (Phi) is 2.94. The van der Waals surface area contributed by atoms with Crippen molar-refractivity contribution in [2.75, 3.05) is 6.61 Å². The summed E-state index contributed by atoms with van der Waals surface area (Å²) in [5, 5.41) is 8.66. The maximum Gasteiger partial charge on any atom is 0.0433 e.